The summed E-state index contributed by atoms with van der Waals surface area (Å²) >= 11 is 0. The maximum Gasteiger partial charge on any atom is 0.289 e. The van der Waals surface area contributed by atoms with E-state index in [2.05, 4.69) is 71.8 Å². The van der Waals surface area contributed by atoms with Crippen LogP contribution in [-0.2, 0) is 5.41 Å². The van der Waals surface area contributed by atoms with E-state index in [9.17, 15) is 4.79 Å². The van der Waals surface area contributed by atoms with E-state index in [-0.39, 0.29) is 11.3 Å². The molecule has 0 aliphatic rings. The molecule has 0 atom stereocenters. The number of benzene rings is 3. The third-order valence-corrected chi connectivity index (χ3v) is 5.02. The van der Waals surface area contributed by atoms with Crippen LogP contribution < -0.4 is 5.43 Å². The molecule has 0 saturated heterocycles. The van der Waals surface area contributed by atoms with Crippen molar-refractivity contribution in [1.29, 1.82) is 0 Å². The van der Waals surface area contributed by atoms with E-state index in [0.29, 0.717) is 11.4 Å². The average molecular weight is 396 g/mol. The zero-order valence-electron chi connectivity index (χ0n) is 17.3. The molecular formula is C25H24N4O. The molecule has 0 aliphatic heterocycles. The molecule has 0 spiro atoms. The van der Waals surface area contributed by atoms with Gasteiger partial charge in [0.25, 0.3) is 5.91 Å². The number of carbonyl (C=O) groups excluding carboxylic acids is 1. The van der Waals surface area contributed by atoms with Gasteiger partial charge in [-0.3, -0.25) is 9.89 Å². The number of nitrogens with zero attached hydrogens (tertiary/aromatic N) is 2. The van der Waals surface area contributed by atoms with Gasteiger partial charge in [-0.1, -0.05) is 81.4 Å². The first-order valence-electron chi connectivity index (χ1n) is 9.89. The van der Waals surface area contributed by atoms with Crippen LogP contribution in [0.2, 0.25) is 0 Å². The summed E-state index contributed by atoms with van der Waals surface area (Å²) in [6.07, 6.45) is 1.63. The number of amides is 1. The van der Waals surface area contributed by atoms with Crippen molar-refractivity contribution in [2.24, 2.45) is 5.10 Å². The second-order valence-electron chi connectivity index (χ2n) is 8.30. The lowest BCUT2D eigenvalue weighted by molar-refractivity contribution is 0.0950. The second kappa shape index (κ2) is 7.95. The van der Waals surface area contributed by atoms with Gasteiger partial charge in [-0.2, -0.15) is 10.2 Å². The third-order valence-electron chi connectivity index (χ3n) is 5.02. The van der Waals surface area contributed by atoms with Crippen LogP contribution in [0.15, 0.2) is 77.9 Å². The molecule has 3 aromatic carbocycles. The van der Waals surface area contributed by atoms with Crippen LogP contribution in [0, 0.1) is 0 Å². The van der Waals surface area contributed by atoms with Crippen LogP contribution in [0.1, 0.15) is 42.4 Å². The third kappa shape index (κ3) is 4.30. The van der Waals surface area contributed by atoms with Gasteiger partial charge in [-0.15, -0.1) is 0 Å². The fourth-order valence-electron chi connectivity index (χ4n) is 3.23. The van der Waals surface area contributed by atoms with E-state index in [1.54, 1.807) is 12.3 Å². The number of hydrogen-bond acceptors (Lipinski definition) is 3. The van der Waals surface area contributed by atoms with Gasteiger partial charge in [-0.05, 0) is 39.4 Å². The standard InChI is InChI=1S/C25H24N4O/c1-25(2,3)21-12-8-17(9-13-21)16-26-29-24(30)23-15-22(27-28-23)20-11-10-18-6-4-5-7-19(18)14-20/h4-16H,1-3H3,(H,27,28)(H,29,30)/b26-16+. The van der Waals surface area contributed by atoms with Crippen molar-refractivity contribution in [2.75, 3.05) is 0 Å². The summed E-state index contributed by atoms with van der Waals surface area (Å²) < 4.78 is 0. The van der Waals surface area contributed by atoms with E-state index < -0.39 is 0 Å². The predicted octanol–water partition coefficient (Wildman–Crippen LogP) is 5.29. The van der Waals surface area contributed by atoms with Crippen LogP contribution in [0.4, 0.5) is 0 Å². The van der Waals surface area contributed by atoms with Gasteiger partial charge in [0.1, 0.15) is 5.69 Å². The highest BCUT2D eigenvalue weighted by molar-refractivity contribution is 5.94. The van der Waals surface area contributed by atoms with Gasteiger partial charge in [0.15, 0.2) is 0 Å². The number of hydrogen-bond donors (Lipinski definition) is 2. The van der Waals surface area contributed by atoms with E-state index in [4.69, 9.17) is 0 Å². The summed E-state index contributed by atoms with van der Waals surface area (Å²) in [5, 5.41) is 13.4. The van der Waals surface area contributed by atoms with Crippen molar-refractivity contribution in [3.63, 3.8) is 0 Å². The SMILES string of the molecule is CC(C)(C)c1ccc(/C=N/NC(=O)c2cc(-c3ccc4ccccc4c3)n[nH]2)cc1. The van der Waals surface area contributed by atoms with Crippen LogP contribution in [0.25, 0.3) is 22.0 Å². The van der Waals surface area contributed by atoms with Crippen molar-refractivity contribution >= 4 is 22.9 Å². The summed E-state index contributed by atoms with van der Waals surface area (Å²) in [5.41, 5.74) is 6.85. The smallest absolute Gasteiger partial charge is 0.272 e. The molecule has 1 amide bonds. The number of rotatable bonds is 4. The number of fused-ring (bicyclic) bond motifs is 1. The maximum atomic E-state index is 12.4. The highest BCUT2D eigenvalue weighted by Crippen LogP contribution is 2.24. The first-order chi connectivity index (χ1) is 14.4. The Kier molecular flexibility index (Phi) is 5.19. The molecule has 0 radical (unpaired) electrons. The first kappa shape index (κ1) is 19.6. The molecule has 1 heterocycles. The van der Waals surface area contributed by atoms with Gasteiger partial charge < -0.3 is 0 Å². The van der Waals surface area contributed by atoms with E-state index in [0.717, 1.165) is 16.5 Å². The van der Waals surface area contributed by atoms with Crippen LogP contribution in [0.3, 0.4) is 0 Å². The van der Waals surface area contributed by atoms with Gasteiger partial charge in [0, 0.05) is 5.56 Å². The number of nitrogens with one attached hydrogen (secondary N) is 2. The number of hydrazone groups is 1. The topological polar surface area (TPSA) is 70.1 Å². The predicted molar refractivity (Wildman–Crippen MR) is 122 cm³/mol. The molecule has 2 N–H and O–H groups in total. The molecule has 0 fully saturated rings. The second-order valence-corrected chi connectivity index (χ2v) is 8.30. The zero-order chi connectivity index (χ0) is 21.1. The molecule has 0 saturated carbocycles. The van der Waals surface area contributed by atoms with Crippen LogP contribution >= 0.6 is 0 Å². The summed E-state index contributed by atoms with van der Waals surface area (Å²) in [5.74, 6) is -0.336. The molecule has 5 nitrogen and oxygen atoms in total. The lowest BCUT2D eigenvalue weighted by Gasteiger charge is -2.18. The number of H-pyrrole nitrogens is 1. The summed E-state index contributed by atoms with van der Waals surface area (Å²) in [7, 11) is 0. The largest absolute Gasteiger partial charge is 0.289 e. The van der Waals surface area contributed by atoms with Crippen molar-refractivity contribution in [3.8, 4) is 11.3 Å². The molecule has 30 heavy (non-hydrogen) atoms. The average Bonchev–Trinajstić information content (AvgIpc) is 3.23. The maximum absolute atomic E-state index is 12.4. The van der Waals surface area contributed by atoms with Gasteiger partial charge in [0.2, 0.25) is 0 Å². The minimum atomic E-state index is -0.336. The van der Waals surface area contributed by atoms with E-state index in [1.165, 1.54) is 10.9 Å². The lowest BCUT2D eigenvalue weighted by atomic mass is 9.87. The fraction of sp³-hybridized carbons (Fsp3) is 0.160. The zero-order valence-corrected chi connectivity index (χ0v) is 17.3. The Labute approximate surface area is 175 Å². The first-order valence-corrected chi connectivity index (χ1v) is 9.89. The molecule has 0 bridgehead atoms. The molecule has 4 rings (SSSR count). The monoisotopic (exact) mass is 396 g/mol. The molecule has 5 heteroatoms. The van der Waals surface area contributed by atoms with Crippen molar-refractivity contribution in [3.05, 3.63) is 89.6 Å². The molecule has 150 valence electrons. The molecule has 1 aromatic heterocycles. The molecule has 0 aliphatic carbocycles. The summed E-state index contributed by atoms with van der Waals surface area (Å²) in [4.78, 5) is 12.4. The Morgan fingerprint density at radius 2 is 1.70 bits per heavy atom. The Morgan fingerprint density at radius 1 is 0.967 bits per heavy atom. The quantitative estimate of drug-likeness (QED) is 0.363. The Morgan fingerprint density at radius 3 is 2.43 bits per heavy atom. The minimum absolute atomic E-state index is 0.104. The normalized spacial score (nSPS) is 11.8. The summed E-state index contributed by atoms with van der Waals surface area (Å²) in [6.45, 7) is 6.52. The fourth-order valence-corrected chi connectivity index (χ4v) is 3.23. The Balaban J connectivity index is 1.43. The Hall–Kier alpha value is -3.73. The van der Waals surface area contributed by atoms with E-state index in [1.807, 2.05) is 36.4 Å². The molecular weight excluding hydrogens is 372 g/mol. The number of aromatic nitrogens is 2. The van der Waals surface area contributed by atoms with Crippen LogP contribution in [-0.4, -0.2) is 22.3 Å². The minimum Gasteiger partial charge on any atom is -0.272 e. The molecule has 4 aromatic rings. The lowest BCUT2D eigenvalue weighted by Crippen LogP contribution is -2.18. The summed E-state index contributed by atoms with van der Waals surface area (Å²) in [6, 6.07) is 24.1. The highest BCUT2D eigenvalue weighted by atomic mass is 16.2. The number of aromatic amines is 1. The van der Waals surface area contributed by atoms with Crippen molar-refractivity contribution in [2.45, 2.75) is 26.2 Å². The van der Waals surface area contributed by atoms with E-state index >= 15 is 0 Å². The van der Waals surface area contributed by atoms with Gasteiger partial charge >= 0.3 is 0 Å². The molecule has 0 unspecified atom stereocenters. The van der Waals surface area contributed by atoms with Crippen molar-refractivity contribution < 1.29 is 4.79 Å². The van der Waals surface area contributed by atoms with Crippen LogP contribution in [0.5, 0.6) is 0 Å². The van der Waals surface area contributed by atoms with Gasteiger partial charge in [-0.25, -0.2) is 5.43 Å². The van der Waals surface area contributed by atoms with Crippen molar-refractivity contribution in [1.82, 2.24) is 15.6 Å². The van der Waals surface area contributed by atoms with Gasteiger partial charge in [0.05, 0.1) is 11.9 Å². The Bertz CT molecular complexity index is 1210. The highest BCUT2D eigenvalue weighted by Gasteiger charge is 2.13. The number of carbonyl (C=O) groups is 1.